The van der Waals surface area contributed by atoms with Crippen molar-refractivity contribution in [2.45, 2.75) is 0 Å². The Labute approximate surface area is 121 Å². The van der Waals surface area contributed by atoms with Gasteiger partial charge in [-0.1, -0.05) is 35.3 Å². The normalized spacial score (nSPS) is 10.3. The molecule has 0 heterocycles. The Kier molecular flexibility index (Phi) is 4.88. The van der Waals surface area contributed by atoms with Crippen LogP contribution in [-0.2, 0) is 0 Å². The van der Waals surface area contributed by atoms with E-state index in [1.807, 2.05) is 0 Å². The molecule has 1 N–H and O–H groups in total. The standard InChI is InChI=1S/C14H12Cl2FNO/c15-10-7-11(16)9-12(8-10)19-6-5-18-14-4-2-1-3-13(14)17/h1-4,7-9,18H,5-6H2. The molecular formula is C14H12Cl2FNO. The highest BCUT2D eigenvalue weighted by Gasteiger charge is 2.01. The maximum atomic E-state index is 13.3. The van der Waals surface area contributed by atoms with E-state index in [0.717, 1.165) is 0 Å². The van der Waals surface area contributed by atoms with Crippen molar-refractivity contribution in [3.8, 4) is 5.75 Å². The maximum absolute atomic E-state index is 13.3. The predicted octanol–water partition coefficient (Wildman–Crippen LogP) is 4.62. The van der Waals surface area contributed by atoms with Gasteiger partial charge in [-0.3, -0.25) is 0 Å². The van der Waals surface area contributed by atoms with Crippen LogP contribution in [0.15, 0.2) is 42.5 Å². The first-order valence-corrected chi connectivity index (χ1v) is 6.48. The fourth-order valence-electron chi connectivity index (χ4n) is 1.57. The van der Waals surface area contributed by atoms with Gasteiger partial charge in [-0.15, -0.1) is 0 Å². The number of benzene rings is 2. The quantitative estimate of drug-likeness (QED) is 0.813. The van der Waals surface area contributed by atoms with Crippen molar-refractivity contribution >= 4 is 28.9 Å². The number of halogens is 3. The Bertz CT molecular complexity index is 543. The summed E-state index contributed by atoms with van der Waals surface area (Å²) in [5, 5.41) is 3.98. The summed E-state index contributed by atoms with van der Waals surface area (Å²) in [7, 11) is 0. The molecule has 2 rings (SSSR count). The van der Waals surface area contributed by atoms with Gasteiger partial charge in [-0.25, -0.2) is 4.39 Å². The van der Waals surface area contributed by atoms with Crippen LogP contribution in [0.4, 0.5) is 10.1 Å². The summed E-state index contributed by atoms with van der Waals surface area (Å²) in [6, 6.07) is 11.5. The Morgan fingerprint density at radius 1 is 1.05 bits per heavy atom. The third kappa shape index (κ3) is 4.30. The van der Waals surface area contributed by atoms with Crippen molar-refractivity contribution in [2.24, 2.45) is 0 Å². The summed E-state index contributed by atoms with van der Waals surface area (Å²) in [6.45, 7) is 0.857. The second kappa shape index (κ2) is 6.64. The van der Waals surface area contributed by atoms with Gasteiger partial charge in [0.1, 0.15) is 18.2 Å². The Hall–Kier alpha value is -1.45. The van der Waals surface area contributed by atoms with Crippen LogP contribution >= 0.6 is 23.2 Å². The number of para-hydroxylation sites is 1. The molecule has 0 fully saturated rings. The highest BCUT2D eigenvalue weighted by Crippen LogP contribution is 2.24. The first kappa shape index (κ1) is 14.0. The van der Waals surface area contributed by atoms with Crippen LogP contribution in [0.25, 0.3) is 0 Å². The van der Waals surface area contributed by atoms with Crippen LogP contribution in [0.1, 0.15) is 0 Å². The van der Waals surface area contributed by atoms with Gasteiger partial charge < -0.3 is 10.1 Å². The molecule has 2 nitrogen and oxygen atoms in total. The molecule has 0 aromatic heterocycles. The molecule has 100 valence electrons. The summed E-state index contributed by atoms with van der Waals surface area (Å²) in [4.78, 5) is 0. The highest BCUT2D eigenvalue weighted by molar-refractivity contribution is 6.34. The van der Waals surface area contributed by atoms with Crippen LogP contribution < -0.4 is 10.1 Å². The van der Waals surface area contributed by atoms with Gasteiger partial charge in [0, 0.05) is 16.6 Å². The number of rotatable bonds is 5. The number of nitrogens with one attached hydrogen (secondary N) is 1. The Balaban J connectivity index is 1.82. The molecule has 5 heteroatoms. The molecule has 0 saturated carbocycles. The molecule has 0 aliphatic carbocycles. The Morgan fingerprint density at radius 2 is 1.74 bits per heavy atom. The maximum Gasteiger partial charge on any atom is 0.146 e. The highest BCUT2D eigenvalue weighted by atomic mass is 35.5. The van der Waals surface area contributed by atoms with Gasteiger partial charge in [0.2, 0.25) is 0 Å². The average Bonchev–Trinajstić information content (AvgIpc) is 2.35. The fourth-order valence-corrected chi connectivity index (χ4v) is 2.08. The van der Waals surface area contributed by atoms with E-state index in [-0.39, 0.29) is 5.82 Å². The van der Waals surface area contributed by atoms with Gasteiger partial charge >= 0.3 is 0 Å². The Morgan fingerprint density at radius 3 is 2.42 bits per heavy atom. The van der Waals surface area contributed by atoms with E-state index in [1.54, 1.807) is 36.4 Å². The topological polar surface area (TPSA) is 21.3 Å². The molecule has 2 aromatic carbocycles. The lowest BCUT2D eigenvalue weighted by atomic mass is 10.3. The van der Waals surface area contributed by atoms with Crippen LogP contribution in [-0.4, -0.2) is 13.2 Å². The molecule has 0 bridgehead atoms. The first-order valence-electron chi connectivity index (χ1n) is 5.72. The van der Waals surface area contributed by atoms with Gasteiger partial charge in [-0.2, -0.15) is 0 Å². The van der Waals surface area contributed by atoms with Crippen LogP contribution in [0.3, 0.4) is 0 Å². The minimum Gasteiger partial charge on any atom is -0.492 e. The van der Waals surface area contributed by atoms with Crippen molar-refractivity contribution in [3.05, 3.63) is 58.3 Å². The van der Waals surface area contributed by atoms with Crippen molar-refractivity contribution in [1.82, 2.24) is 0 Å². The van der Waals surface area contributed by atoms with E-state index in [0.29, 0.717) is 34.6 Å². The van der Waals surface area contributed by atoms with Gasteiger partial charge in [0.05, 0.1) is 5.69 Å². The van der Waals surface area contributed by atoms with Crippen LogP contribution in [0.2, 0.25) is 10.0 Å². The van der Waals surface area contributed by atoms with E-state index >= 15 is 0 Å². The summed E-state index contributed by atoms with van der Waals surface area (Å²) in [5.74, 6) is 0.307. The van der Waals surface area contributed by atoms with Crippen LogP contribution in [0, 0.1) is 5.82 Å². The molecular weight excluding hydrogens is 288 g/mol. The van der Waals surface area contributed by atoms with Crippen molar-refractivity contribution in [3.63, 3.8) is 0 Å². The average molecular weight is 300 g/mol. The molecule has 0 amide bonds. The smallest absolute Gasteiger partial charge is 0.146 e. The minimum absolute atomic E-state index is 0.284. The van der Waals surface area contributed by atoms with E-state index in [4.69, 9.17) is 27.9 Å². The second-order valence-corrected chi connectivity index (χ2v) is 4.73. The summed E-state index contributed by atoms with van der Waals surface area (Å²) >= 11 is 11.7. The number of hydrogen-bond donors (Lipinski definition) is 1. The van der Waals surface area contributed by atoms with Crippen molar-refractivity contribution < 1.29 is 9.13 Å². The van der Waals surface area contributed by atoms with Crippen molar-refractivity contribution in [2.75, 3.05) is 18.5 Å². The first-order chi connectivity index (χ1) is 9.15. The summed E-state index contributed by atoms with van der Waals surface area (Å²) in [5.41, 5.74) is 0.454. The van der Waals surface area contributed by atoms with E-state index < -0.39 is 0 Å². The molecule has 0 unspecified atom stereocenters. The fraction of sp³-hybridized carbons (Fsp3) is 0.143. The largest absolute Gasteiger partial charge is 0.492 e. The zero-order valence-electron chi connectivity index (χ0n) is 10.00. The van der Waals surface area contributed by atoms with Crippen molar-refractivity contribution in [1.29, 1.82) is 0 Å². The summed E-state index contributed by atoms with van der Waals surface area (Å²) in [6.07, 6.45) is 0. The summed E-state index contributed by atoms with van der Waals surface area (Å²) < 4.78 is 18.8. The number of ether oxygens (including phenoxy) is 1. The van der Waals surface area contributed by atoms with Crippen LogP contribution in [0.5, 0.6) is 5.75 Å². The molecule has 0 saturated heterocycles. The monoisotopic (exact) mass is 299 g/mol. The minimum atomic E-state index is -0.284. The molecule has 0 atom stereocenters. The number of hydrogen-bond acceptors (Lipinski definition) is 2. The van der Waals surface area contributed by atoms with E-state index in [9.17, 15) is 4.39 Å². The zero-order chi connectivity index (χ0) is 13.7. The zero-order valence-corrected chi connectivity index (χ0v) is 11.5. The molecule has 0 radical (unpaired) electrons. The van der Waals surface area contributed by atoms with Gasteiger partial charge in [0.25, 0.3) is 0 Å². The number of anilines is 1. The van der Waals surface area contributed by atoms with E-state index in [1.165, 1.54) is 6.07 Å². The predicted molar refractivity (Wildman–Crippen MR) is 76.8 cm³/mol. The third-order valence-electron chi connectivity index (χ3n) is 2.40. The third-order valence-corrected chi connectivity index (χ3v) is 2.83. The molecule has 2 aromatic rings. The lowest BCUT2D eigenvalue weighted by Crippen LogP contribution is -2.12. The molecule has 0 spiro atoms. The molecule has 0 aliphatic rings. The lowest BCUT2D eigenvalue weighted by molar-refractivity contribution is 0.333. The second-order valence-electron chi connectivity index (χ2n) is 3.86. The molecule has 0 aliphatic heterocycles. The lowest BCUT2D eigenvalue weighted by Gasteiger charge is -2.09. The van der Waals surface area contributed by atoms with Gasteiger partial charge in [-0.05, 0) is 30.3 Å². The van der Waals surface area contributed by atoms with Gasteiger partial charge in [0.15, 0.2) is 0 Å². The van der Waals surface area contributed by atoms with E-state index in [2.05, 4.69) is 5.32 Å². The SMILES string of the molecule is Fc1ccccc1NCCOc1cc(Cl)cc(Cl)c1. The molecule has 19 heavy (non-hydrogen) atoms.